The van der Waals surface area contributed by atoms with Crippen molar-refractivity contribution < 1.29 is 4.79 Å². The van der Waals surface area contributed by atoms with Crippen LogP contribution in [0.4, 0.5) is 5.69 Å². The van der Waals surface area contributed by atoms with Crippen molar-refractivity contribution >= 4 is 11.6 Å². The highest BCUT2D eigenvalue weighted by atomic mass is 16.1. The number of hydrogen-bond donors (Lipinski definition) is 2. The Labute approximate surface area is 108 Å². The van der Waals surface area contributed by atoms with Gasteiger partial charge in [-0.25, -0.2) is 4.98 Å². The summed E-state index contributed by atoms with van der Waals surface area (Å²) in [5, 5.41) is 6.28. The second-order valence-electron chi connectivity index (χ2n) is 4.81. The van der Waals surface area contributed by atoms with Gasteiger partial charge in [-0.2, -0.15) is 0 Å². The van der Waals surface area contributed by atoms with E-state index >= 15 is 0 Å². The van der Waals surface area contributed by atoms with E-state index in [2.05, 4.69) is 22.5 Å². The molecule has 0 atom stereocenters. The number of aromatic nitrogens is 1. The van der Waals surface area contributed by atoms with Crippen LogP contribution in [-0.4, -0.2) is 23.5 Å². The lowest BCUT2D eigenvalue weighted by Crippen LogP contribution is -2.33. The summed E-state index contributed by atoms with van der Waals surface area (Å²) in [6, 6.07) is 4.03. The molecule has 1 saturated carbocycles. The van der Waals surface area contributed by atoms with Gasteiger partial charge in [-0.3, -0.25) is 4.79 Å². The van der Waals surface area contributed by atoms with Gasteiger partial charge in [0.15, 0.2) is 0 Å². The van der Waals surface area contributed by atoms with Gasteiger partial charge in [0.25, 0.3) is 5.91 Å². The van der Waals surface area contributed by atoms with Crippen LogP contribution in [0.5, 0.6) is 0 Å². The average Bonchev–Trinajstić information content (AvgIpc) is 2.89. The van der Waals surface area contributed by atoms with E-state index < -0.39 is 0 Å². The quantitative estimate of drug-likeness (QED) is 0.840. The molecule has 1 aromatic rings. The molecule has 0 aliphatic heterocycles. The van der Waals surface area contributed by atoms with E-state index in [0.717, 1.165) is 31.5 Å². The summed E-state index contributed by atoms with van der Waals surface area (Å²) in [6.07, 6.45) is 7.43. The summed E-state index contributed by atoms with van der Waals surface area (Å²) in [6.45, 7) is 3.04. The summed E-state index contributed by atoms with van der Waals surface area (Å²) >= 11 is 0. The van der Waals surface area contributed by atoms with E-state index in [4.69, 9.17) is 0 Å². The smallest absolute Gasteiger partial charge is 0.270 e. The van der Waals surface area contributed by atoms with Crippen LogP contribution in [0, 0.1) is 0 Å². The number of hydrogen-bond acceptors (Lipinski definition) is 3. The van der Waals surface area contributed by atoms with Gasteiger partial charge in [-0.1, -0.05) is 19.8 Å². The standard InChI is InChI=1S/C14H21N3O/c1-2-9-15-12-7-8-13(16-10-12)14(18)17-11-5-3-4-6-11/h7-8,10-11,15H,2-6,9H2,1H3,(H,17,18). The zero-order valence-corrected chi connectivity index (χ0v) is 10.9. The second kappa shape index (κ2) is 6.38. The number of nitrogens with zero attached hydrogens (tertiary/aromatic N) is 1. The average molecular weight is 247 g/mol. The first-order valence-electron chi connectivity index (χ1n) is 6.80. The van der Waals surface area contributed by atoms with Crippen LogP contribution < -0.4 is 10.6 Å². The van der Waals surface area contributed by atoms with E-state index in [1.807, 2.05) is 6.07 Å². The summed E-state index contributed by atoms with van der Waals surface area (Å²) < 4.78 is 0. The highest BCUT2D eigenvalue weighted by Gasteiger charge is 2.18. The lowest BCUT2D eigenvalue weighted by molar-refractivity contribution is 0.0933. The minimum atomic E-state index is -0.0519. The van der Waals surface area contributed by atoms with Gasteiger partial charge < -0.3 is 10.6 Å². The first-order chi connectivity index (χ1) is 8.79. The summed E-state index contributed by atoms with van der Waals surface area (Å²) in [4.78, 5) is 16.1. The lowest BCUT2D eigenvalue weighted by atomic mass is 10.2. The Hall–Kier alpha value is -1.58. The van der Waals surface area contributed by atoms with E-state index in [1.54, 1.807) is 12.3 Å². The van der Waals surface area contributed by atoms with Crippen molar-refractivity contribution in [2.75, 3.05) is 11.9 Å². The van der Waals surface area contributed by atoms with E-state index in [1.165, 1.54) is 12.8 Å². The third kappa shape index (κ3) is 3.45. The summed E-state index contributed by atoms with van der Waals surface area (Å²) in [7, 11) is 0. The van der Waals surface area contributed by atoms with E-state index in [0.29, 0.717) is 11.7 Å². The van der Waals surface area contributed by atoms with Crippen molar-refractivity contribution in [1.82, 2.24) is 10.3 Å². The minimum absolute atomic E-state index is 0.0519. The molecule has 0 radical (unpaired) electrons. The number of nitrogens with one attached hydrogen (secondary N) is 2. The molecule has 2 rings (SSSR count). The predicted molar refractivity (Wildman–Crippen MR) is 72.7 cm³/mol. The number of rotatable bonds is 5. The van der Waals surface area contributed by atoms with Crippen LogP contribution in [0.1, 0.15) is 49.5 Å². The largest absolute Gasteiger partial charge is 0.384 e. The normalized spacial score (nSPS) is 15.6. The molecule has 4 nitrogen and oxygen atoms in total. The maximum atomic E-state index is 11.9. The number of carbonyl (C=O) groups is 1. The number of amides is 1. The Bertz CT molecular complexity index is 383. The Balaban J connectivity index is 1.89. The zero-order valence-electron chi connectivity index (χ0n) is 10.9. The fourth-order valence-electron chi connectivity index (χ4n) is 2.23. The van der Waals surface area contributed by atoms with Gasteiger partial charge in [-0.15, -0.1) is 0 Å². The SMILES string of the molecule is CCCNc1ccc(C(=O)NC2CCCC2)nc1. The number of anilines is 1. The van der Waals surface area contributed by atoms with Crippen LogP contribution in [0.15, 0.2) is 18.3 Å². The summed E-state index contributed by atoms with van der Waals surface area (Å²) in [5.41, 5.74) is 1.47. The fourth-order valence-corrected chi connectivity index (χ4v) is 2.23. The molecule has 0 unspecified atom stereocenters. The van der Waals surface area contributed by atoms with Crippen molar-refractivity contribution in [3.8, 4) is 0 Å². The molecule has 1 amide bonds. The molecular formula is C14H21N3O. The fraction of sp³-hybridized carbons (Fsp3) is 0.571. The van der Waals surface area contributed by atoms with Crippen LogP contribution in [0.2, 0.25) is 0 Å². The number of pyridine rings is 1. The molecular weight excluding hydrogens is 226 g/mol. The second-order valence-corrected chi connectivity index (χ2v) is 4.81. The Morgan fingerprint density at radius 2 is 2.17 bits per heavy atom. The van der Waals surface area contributed by atoms with E-state index in [9.17, 15) is 4.79 Å². The van der Waals surface area contributed by atoms with Crippen molar-refractivity contribution in [2.45, 2.75) is 45.1 Å². The third-order valence-corrected chi connectivity index (χ3v) is 3.27. The maximum Gasteiger partial charge on any atom is 0.270 e. The van der Waals surface area contributed by atoms with Gasteiger partial charge in [-0.05, 0) is 31.4 Å². The van der Waals surface area contributed by atoms with Gasteiger partial charge in [0.1, 0.15) is 5.69 Å². The van der Waals surface area contributed by atoms with Crippen molar-refractivity contribution in [3.05, 3.63) is 24.0 Å². The maximum absolute atomic E-state index is 11.9. The molecule has 1 aromatic heterocycles. The molecule has 1 aliphatic carbocycles. The molecule has 0 aromatic carbocycles. The van der Waals surface area contributed by atoms with Gasteiger partial charge >= 0.3 is 0 Å². The highest BCUT2D eigenvalue weighted by Crippen LogP contribution is 2.18. The number of carbonyl (C=O) groups excluding carboxylic acids is 1. The van der Waals surface area contributed by atoms with Crippen LogP contribution in [0.3, 0.4) is 0 Å². The molecule has 18 heavy (non-hydrogen) atoms. The predicted octanol–water partition coefficient (Wildman–Crippen LogP) is 2.58. The molecule has 2 N–H and O–H groups in total. The van der Waals surface area contributed by atoms with Crippen molar-refractivity contribution in [3.63, 3.8) is 0 Å². The first-order valence-corrected chi connectivity index (χ1v) is 6.80. The minimum Gasteiger partial charge on any atom is -0.384 e. The topological polar surface area (TPSA) is 54.0 Å². The first kappa shape index (κ1) is 12.9. The molecule has 1 fully saturated rings. The Kier molecular flexibility index (Phi) is 4.56. The summed E-state index contributed by atoms with van der Waals surface area (Å²) in [5.74, 6) is -0.0519. The van der Waals surface area contributed by atoms with Crippen LogP contribution in [0.25, 0.3) is 0 Å². The molecule has 4 heteroatoms. The highest BCUT2D eigenvalue weighted by molar-refractivity contribution is 5.92. The monoisotopic (exact) mass is 247 g/mol. The van der Waals surface area contributed by atoms with Gasteiger partial charge in [0.2, 0.25) is 0 Å². The molecule has 0 saturated heterocycles. The van der Waals surface area contributed by atoms with E-state index in [-0.39, 0.29) is 5.91 Å². The molecule has 1 aliphatic rings. The van der Waals surface area contributed by atoms with Gasteiger partial charge in [0.05, 0.1) is 11.9 Å². The molecule has 98 valence electrons. The third-order valence-electron chi connectivity index (χ3n) is 3.27. The van der Waals surface area contributed by atoms with Crippen molar-refractivity contribution in [1.29, 1.82) is 0 Å². The van der Waals surface area contributed by atoms with Crippen molar-refractivity contribution in [2.24, 2.45) is 0 Å². The zero-order chi connectivity index (χ0) is 12.8. The lowest BCUT2D eigenvalue weighted by Gasteiger charge is -2.11. The van der Waals surface area contributed by atoms with Gasteiger partial charge in [0, 0.05) is 12.6 Å². The molecule has 1 heterocycles. The molecule has 0 bridgehead atoms. The Morgan fingerprint density at radius 1 is 1.39 bits per heavy atom. The molecule has 0 spiro atoms. The van der Waals surface area contributed by atoms with Crippen LogP contribution in [-0.2, 0) is 0 Å². The Morgan fingerprint density at radius 3 is 2.78 bits per heavy atom. The van der Waals surface area contributed by atoms with Crippen LogP contribution >= 0.6 is 0 Å².